The maximum atomic E-state index is 12.9. The van der Waals surface area contributed by atoms with Crippen LogP contribution in [0, 0.1) is 0 Å². The largest absolute Gasteiger partial charge is 0.493 e. The van der Waals surface area contributed by atoms with Crippen molar-refractivity contribution in [1.29, 1.82) is 0 Å². The molecule has 3 rings (SSSR count). The molecule has 1 heterocycles. The van der Waals surface area contributed by atoms with E-state index in [1.807, 2.05) is 37.3 Å². The first kappa shape index (κ1) is 22.2. The van der Waals surface area contributed by atoms with Gasteiger partial charge >= 0.3 is 5.97 Å². The van der Waals surface area contributed by atoms with Crippen molar-refractivity contribution in [3.8, 4) is 5.75 Å². The van der Waals surface area contributed by atoms with Crippen LogP contribution in [0.3, 0.4) is 0 Å². The summed E-state index contributed by atoms with van der Waals surface area (Å²) in [5, 5.41) is 9.93. The number of nitrogens with zero attached hydrogens (tertiary/aromatic N) is 1. The van der Waals surface area contributed by atoms with Crippen LogP contribution in [0.2, 0.25) is 5.02 Å². The van der Waals surface area contributed by atoms with E-state index in [4.69, 9.17) is 16.3 Å². The fraction of sp³-hybridized carbons (Fsp3) is 0.304. The average molecular weight is 446 g/mol. The van der Waals surface area contributed by atoms with Crippen molar-refractivity contribution in [2.24, 2.45) is 0 Å². The Kier molecular flexibility index (Phi) is 7.45. The highest BCUT2D eigenvalue weighted by Crippen LogP contribution is 2.39. The molecule has 158 valence electrons. The van der Waals surface area contributed by atoms with Crippen molar-refractivity contribution in [2.75, 3.05) is 13.2 Å². The standard InChI is InChI=1S/C23H24ClNO4S/c1-3-29-19-9-4-5-10-21(19)30-20-12-11-16(14-17(20)24)15(2)22(26)25-13-7-6-8-18(25)23(27)28/h4-5,9-12,14,18H,2-3,6-8,13H2,1H3,(H,27,28). The molecule has 0 spiro atoms. The van der Waals surface area contributed by atoms with E-state index >= 15 is 0 Å². The van der Waals surface area contributed by atoms with E-state index in [2.05, 4.69) is 6.58 Å². The van der Waals surface area contributed by atoms with E-state index in [1.54, 1.807) is 12.1 Å². The smallest absolute Gasteiger partial charge is 0.326 e. The summed E-state index contributed by atoms with van der Waals surface area (Å²) >= 11 is 7.98. The number of piperidine rings is 1. The number of amides is 1. The molecule has 2 aromatic carbocycles. The molecule has 1 saturated heterocycles. The monoisotopic (exact) mass is 445 g/mol. The number of para-hydroxylation sites is 1. The number of carboxylic acids is 1. The SMILES string of the molecule is C=C(C(=O)N1CCCCC1C(=O)O)c1ccc(Sc2ccccc2OCC)c(Cl)c1. The normalized spacial score (nSPS) is 16.2. The predicted octanol–water partition coefficient (Wildman–Crippen LogP) is 5.37. The molecular formula is C23H24ClNO4S. The van der Waals surface area contributed by atoms with Crippen LogP contribution in [0.15, 0.2) is 58.8 Å². The van der Waals surface area contributed by atoms with Crippen molar-refractivity contribution < 1.29 is 19.4 Å². The number of benzene rings is 2. The summed E-state index contributed by atoms with van der Waals surface area (Å²) in [6.07, 6.45) is 2.05. The number of likely N-dealkylation sites (tertiary alicyclic amines) is 1. The van der Waals surface area contributed by atoms with Crippen LogP contribution in [0.1, 0.15) is 31.7 Å². The lowest BCUT2D eigenvalue weighted by molar-refractivity contribution is -0.149. The van der Waals surface area contributed by atoms with Crippen molar-refractivity contribution in [1.82, 2.24) is 4.90 Å². The van der Waals surface area contributed by atoms with Gasteiger partial charge in [0.1, 0.15) is 11.8 Å². The molecule has 5 nitrogen and oxygen atoms in total. The summed E-state index contributed by atoms with van der Waals surface area (Å²) in [6, 6.07) is 12.3. The van der Waals surface area contributed by atoms with Crippen LogP contribution in [-0.4, -0.2) is 41.1 Å². The lowest BCUT2D eigenvalue weighted by atomic mass is 9.99. The first-order valence-corrected chi connectivity index (χ1v) is 11.0. The zero-order valence-electron chi connectivity index (χ0n) is 16.8. The van der Waals surface area contributed by atoms with Gasteiger partial charge in [-0.05, 0) is 56.0 Å². The molecule has 0 radical (unpaired) electrons. The first-order valence-electron chi connectivity index (χ1n) is 9.84. The van der Waals surface area contributed by atoms with Gasteiger partial charge in [0.25, 0.3) is 5.91 Å². The van der Waals surface area contributed by atoms with Crippen LogP contribution in [-0.2, 0) is 9.59 Å². The minimum absolute atomic E-state index is 0.247. The molecule has 0 aliphatic carbocycles. The van der Waals surface area contributed by atoms with Gasteiger partial charge in [-0.2, -0.15) is 0 Å². The van der Waals surface area contributed by atoms with Crippen LogP contribution in [0.5, 0.6) is 5.75 Å². The molecule has 1 N–H and O–H groups in total. The summed E-state index contributed by atoms with van der Waals surface area (Å²) in [6.45, 7) is 6.84. The molecule has 1 aliphatic rings. The summed E-state index contributed by atoms with van der Waals surface area (Å²) in [5.41, 5.74) is 0.832. The lowest BCUT2D eigenvalue weighted by Gasteiger charge is -2.33. The number of hydrogen-bond acceptors (Lipinski definition) is 4. The summed E-state index contributed by atoms with van der Waals surface area (Å²) < 4.78 is 5.66. The van der Waals surface area contributed by atoms with E-state index in [-0.39, 0.29) is 11.5 Å². The van der Waals surface area contributed by atoms with Gasteiger partial charge in [0.15, 0.2) is 0 Å². The molecule has 0 saturated carbocycles. The van der Waals surface area contributed by atoms with Gasteiger partial charge in [-0.15, -0.1) is 0 Å². The summed E-state index contributed by atoms with van der Waals surface area (Å²) in [7, 11) is 0. The zero-order valence-corrected chi connectivity index (χ0v) is 18.3. The molecule has 1 atom stereocenters. The van der Waals surface area contributed by atoms with E-state index in [0.717, 1.165) is 28.4 Å². The number of aliphatic carboxylic acids is 1. The molecule has 1 aliphatic heterocycles. The predicted molar refractivity (Wildman–Crippen MR) is 119 cm³/mol. The van der Waals surface area contributed by atoms with Gasteiger partial charge in [0.05, 0.1) is 16.5 Å². The minimum atomic E-state index is -0.978. The zero-order chi connectivity index (χ0) is 21.7. The van der Waals surface area contributed by atoms with E-state index < -0.39 is 12.0 Å². The highest BCUT2D eigenvalue weighted by Gasteiger charge is 2.33. The summed E-state index contributed by atoms with van der Waals surface area (Å²) in [5.74, 6) is -0.552. The number of hydrogen-bond donors (Lipinski definition) is 1. The molecule has 1 unspecified atom stereocenters. The molecule has 1 amide bonds. The van der Waals surface area contributed by atoms with Gasteiger partial charge in [0.2, 0.25) is 0 Å². The second-order valence-corrected chi connectivity index (χ2v) is 8.44. The second kappa shape index (κ2) is 10.0. The molecule has 0 bridgehead atoms. The summed E-state index contributed by atoms with van der Waals surface area (Å²) in [4.78, 5) is 27.6. The number of ether oxygens (including phenoxy) is 1. The Morgan fingerprint density at radius 1 is 1.23 bits per heavy atom. The lowest BCUT2D eigenvalue weighted by Crippen LogP contribution is -2.48. The molecule has 2 aromatic rings. The van der Waals surface area contributed by atoms with Gasteiger partial charge in [0, 0.05) is 17.0 Å². The van der Waals surface area contributed by atoms with E-state index in [0.29, 0.717) is 30.2 Å². The van der Waals surface area contributed by atoms with Gasteiger partial charge in [-0.25, -0.2) is 4.79 Å². The third kappa shape index (κ3) is 4.99. The first-order chi connectivity index (χ1) is 14.4. The van der Waals surface area contributed by atoms with E-state index in [9.17, 15) is 14.7 Å². The average Bonchev–Trinajstić information content (AvgIpc) is 2.75. The molecule has 30 heavy (non-hydrogen) atoms. The highest BCUT2D eigenvalue weighted by molar-refractivity contribution is 7.99. The van der Waals surface area contributed by atoms with Crippen molar-refractivity contribution in [2.45, 2.75) is 42.0 Å². The number of halogens is 1. The number of rotatable bonds is 7. The Labute approximate surface area is 185 Å². The molecular weight excluding hydrogens is 422 g/mol. The molecule has 0 aromatic heterocycles. The Balaban J connectivity index is 1.78. The second-order valence-electron chi connectivity index (χ2n) is 6.95. The van der Waals surface area contributed by atoms with Crippen LogP contribution in [0.4, 0.5) is 0 Å². The quantitative estimate of drug-likeness (QED) is 0.580. The van der Waals surface area contributed by atoms with Gasteiger partial charge in [-0.3, -0.25) is 4.79 Å². The highest BCUT2D eigenvalue weighted by atomic mass is 35.5. The van der Waals surface area contributed by atoms with Crippen molar-refractivity contribution >= 4 is 40.8 Å². The maximum Gasteiger partial charge on any atom is 0.326 e. The third-order valence-electron chi connectivity index (χ3n) is 4.96. The van der Waals surface area contributed by atoms with Crippen LogP contribution >= 0.6 is 23.4 Å². The van der Waals surface area contributed by atoms with Crippen molar-refractivity contribution in [3.63, 3.8) is 0 Å². The molecule has 7 heteroatoms. The number of carboxylic acid groups (broad SMARTS) is 1. The van der Waals surface area contributed by atoms with Crippen LogP contribution in [0.25, 0.3) is 5.57 Å². The molecule has 1 fully saturated rings. The van der Waals surface area contributed by atoms with Gasteiger partial charge < -0.3 is 14.7 Å². The fourth-order valence-electron chi connectivity index (χ4n) is 3.43. The van der Waals surface area contributed by atoms with Crippen LogP contribution < -0.4 is 4.74 Å². The Morgan fingerprint density at radius 3 is 2.70 bits per heavy atom. The number of carbonyl (C=O) groups excluding carboxylic acids is 1. The Bertz CT molecular complexity index is 962. The minimum Gasteiger partial charge on any atom is -0.493 e. The third-order valence-corrected chi connectivity index (χ3v) is 6.51. The van der Waals surface area contributed by atoms with Crippen molar-refractivity contribution in [3.05, 3.63) is 59.6 Å². The number of carbonyl (C=O) groups is 2. The topological polar surface area (TPSA) is 66.8 Å². The fourth-order valence-corrected chi connectivity index (χ4v) is 4.63. The Morgan fingerprint density at radius 2 is 2.00 bits per heavy atom. The Hall–Kier alpha value is -2.44. The maximum absolute atomic E-state index is 12.9. The van der Waals surface area contributed by atoms with E-state index in [1.165, 1.54) is 16.7 Å². The van der Waals surface area contributed by atoms with Gasteiger partial charge in [-0.1, -0.05) is 48.1 Å².